The minimum absolute atomic E-state index is 0.325. The van der Waals surface area contributed by atoms with Crippen LogP contribution in [-0.2, 0) is 11.2 Å². The molecule has 0 saturated carbocycles. The third-order valence-corrected chi connectivity index (χ3v) is 2.93. The molecule has 1 heterocycles. The molecule has 0 bridgehead atoms. The fourth-order valence-corrected chi connectivity index (χ4v) is 2.27. The molecule has 0 amide bonds. The zero-order valence-electron chi connectivity index (χ0n) is 9.40. The normalized spacial score (nSPS) is 11.2. The zero-order valence-corrected chi connectivity index (χ0v) is 10.2. The molecule has 1 aromatic carbocycles. The van der Waals surface area contributed by atoms with Crippen LogP contribution in [0.15, 0.2) is 24.3 Å². The molecule has 3 heteroatoms. The van der Waals surface area contributed by atoms with Crippen LogP contribution in [0.2, 0.25) is 5.02 Å². The Balaban J connectivity index is 2.71. The molecular weight excluding hydrogens is 222 g/mol. The van der Waals surface area contributed by atoms with Gasteiger partial charge in [0.05, 0.1) is 0 Å². The highest BCUT2D eigenvalue weighted by Crippen LogP contribution is 2.26. The molecule has 0 aliphatic heterocycles. The topological polar surface area (TPSA) is 22.0 Å². The maximum Gasteiger partial charge on any atom is 0.125 e. The second kappa shape index (κ2) is 4.30. The number of nitrogens with zero attached hydrogens (tertiary/aromatic N) is 1. The van der Waals surface area contributed by atoms with E-state index in [1.165, 1.54) is 0 Å². The van der Waals surface area contributed by atoms with Gasteiger partial charge in [-0.3, -0.25) is 0 Å². The Morgan fingerprint density at radius 1 is 1.38 bits per heavy atom. The Labute approximate surface area is 99.8 Å². The average Bonchev–Trinajstić information content (AvgIpc) is 2.55. The number of fused-ring (bicyclic) bond motifs is 1. The summed E-state index contributed by atoms with van der Waals surface area (Å²) in [6.07, 6.45) is 1.39. The van der Waals surface area contributed by atoms with Crippen LogP contribution < -0.4 is 0 Å². The van der Waals surface area contributed by atoms with Gasteiger partial charge in [-0.25, -0.2) is 0 Å². The first kappa shape index (κ1) is 11.2. The number of hydrogen-bond donors (Lipinski definition) is 0. The largest absolute Gasteiger partial charge is 0.342 e. The molecule has 0 atom stereocenters. The molecule has 2 nitrogen and oxygen atoms in total. The van der Waals surface area contributed by atoms with Crippen molar-refractivity contribution in [2.24, 2.45) is 0 Å². The smallest absolute Gasteiger partial charge is 0.125 e. The number of aromatic nitrogens is 1. The van der Waals surface area contributed by atoms with E-state index in [1.807, 2.05) is 18.2 Å². The first-order valence-corrected chi connectivity index (χ1v) is 5.74. The van der Waals surface area contributed by atoms with E-state index in [9.17, 15) is 4.79 Å². The minimum atomic E-state index is 0.325. The predicted octanol–water partition coefficient (Wildman–Crippen LogP) is 3.62. The van der Waals surface area contributed by atoms with Crippen LogP contribution >= 0.6 is 11.6 Å². The fraction of sp³-hybridized carbons (Fsp3) is 0.308. The summed E-state index contributed by atoms with van der Waals surface area (Å²) in [5, 5.41) is 1.86. The highest BCUT2D eigenvalue weighted by atomic mass is 35.5. The molecule has 0 radical (unpaired) electrons. The van der Waals surface area contributed by atoms with Crippen molar-refractivity contribution in [1.82, 2.24) is 4.57 Å². The Kier molecular flexibility index (Phi) is 3.01. The van der Waals surface area contributed by atoms with E-state index < -0.39 is 0 Å². The van der Waals surface area contributed by atoms with Crippen molar-refractivity contribution in [3.8, 4) is 0 Å². The van der Waals surface area contributed by atoms with E-state index >= 15 is 0 Å². The maximum atomic E-state index is 10.7. The van der Waals surface area contributed by atoms with E-state index in [1.54, 1.807) is 0 Å². The highest BCUT2D eigenvalue weighted by Gasteiger charge is 2.11. The second-order valence-corrected chi connectivity index (χ2v) is 4.61. The molecule has 0 aliphatic rings. The van der Waals surface area contributed by atoms with Crippen molar-refractivity contribution >= 4 is 28.8 Å². The Morgan fingerprint density at radius 2 is 2.12 bits per heavy atom. The Morgan fingerprint density at radius 3 is 2.75 bits per heavy atom. The standard InChI is InChI=1S/C13H14ClNO/c1-9(2)15-12(5-6-16)7-10-3-4-11(14)8-13(10)15/h3-4,6-9H,5H2,1-2H3. The molecule has 0 fully saturated rings. The summed E-state index contributed by atoms with van der Waals surface area (Å²) in [5.74, 6) is 0. The van der Waals surface area contributed by atoms with Crippen LogP contribution in [0.3, 0.4) is 0 Å². The lowest BCUT2D eigenvalue weighted by Crippen LogP contribution is -2.05. The molecule has 0 saturated heterocycles. The molecule has 2 aromatic rings. The number of carbonyl (C=O) groups is 1. The van der Waals surface area contributed by atoms with E-state index in [-0.39, 0.29) is 0 Å². The van der Waals surface area contributed by atoms with Gasteiger partial charge >= 0.3 is 0 Å². The maximum absolute atomic E-state index is 10.7. The van der Waals surface area contributed by atoms with Gasteiger partial charge in [-0.1, -0.05) is 17.7 Å². The number of rotatable bonds is 3. The number of benzene rings is 1. The van der Waals surface area contributed by atoms with Crippen molar-refractivity contribution in [1.29, 1.82) is 0 Å². The van der Waals surface area contributed by atoms with Crippen LogP contribution in [0.25, 0.3) is 10.9 Å². The van der Waals surface area contributed by atoms with E-state index in [4.69, 9.17) is 11.6 Å². The lowest BCUT2D eigenvalue weighted by atomic mass is 10.2. The number of aldehydes is 1. The summed E-state index contributed by atoms with van der Waals surface area (Å²) in [5.41, 5.74) is 2.14. The number of carbonyl (C=O) groups excluding carboxylic acids is 1. The first-order valence-electron chi connectivity index (χ1n) is 5.36. The van der Waals surface area contributed by atoms with Gasteiger partial charge in [-0.2, -0.15) is 0 Å². The van der Waals surface area contributed by atoms with Crippen LogP contribution in [0.5, 0.6) is 0 Å². The molecule has 0 unspecified atom stereocenters. The van der Waals surface area contributed by atoms with Crippen LogP contribution in [0.1, 0.15) is 25.6 Å². The Bertz CT molecular complexity index is 528. The monoisotopic (exact) mass is 235 g/mol. The summed E-state index contributed by atoms with van der Waals surface area (Å²) >= 11 is 6.00. The van der Waals surface area contributed by atoms with Crippen molar-refractivity contribution in [2.45, 2.75) is 26.3 Å². The van der Waals surface area contributed by atoms with Gasteiger partial charge in [0.25, 0.3) is 0 Å². The van der Waals surface area contributed by atoms with Gasteiger partial charge in [0.2, 0.25) is 0 Å². The van der Waals surface area contributed by atoms with Crippen LogP contribution in [0, 0.1) is 0 Å². The molecule has 0 spiro atoms. The van der Waals surface area contributed by atoms with Crippen molar-refractivity contribution in [3.63, 3.8) is 0 Å². The summed E-state index contributed by atoms with van der Waals surface area (Å²) < 4.78 is 2.16. The van der Waals surface area contributed by atoms with Gasteiger partial charge < -0.3 is 9.36 Å². The second-order valence-electron chi connectivity index (χ2n) is 4.17. The third-order valence-electron chi connectivity index (χ3n) is 2.69. The SMILES string of the molecule is CC(C)n1c(CC=O)cc2ccc(Cl)cc21. The lowest BCUT2D eigenvalue weighted by Gasteiger charge is -2.13. The van der Waals surface area contributed by atoms with Crippen molar-refractivity contribution in [2.75, 3.05) is 0 Å². The number of halogens is 1. The lowest BCUT2D eigenvalue weighted by molar-refractivity contribution is -0.107. The van der Waals surface area contributed by atoms with E-state index in [0.29, 0.717) is 12.5 Å². The zero-order chi connectivity index (χ0) is 11.7. The van der Waals surface area contributed by atoms with Crippen molar-refractivity contribution < 1.29 is 4.79 Å². The number of hydrogen-bond acceptors (Lipinski definition) is 1. The van der Waals surface area contributed by atoms with Gasteiger partial charge in [-0.05, 0) is 37.4 Å². The molecule has 1 aromatic heterocycles. The van der Waals surface area contributed by atoms with Gasteiger partial charge in [0, 0.05) is 28.7 Å². The highest BCUT2D eigenvalue weighted by molar-refractivity contribution is 6.31. The summed E-state index contributed by atoms with van der Waals surface area (Å²) in [6, 6.07) is 8.20. The van der Waals surface area contributed by atoms with Gasteiger partial charge in [0.1, 0.15) is 6.29 Å². The van der Waals surface area contributed by atoms with Gasteiger partial charge in [-0.15, -0.1) is 0 Å². The summed E-state index contributed by atoms with van der Waals surface area (Å²) in [4.78, 5) is 10.7. The summed E-state index contributed by atoms with van der Waals surface area (Å²) in [7, 11) is 0. The first-order chi connectivity index (χ1) is 7.63. The van der Waals surface area contributed by atoms with Crippen molar-refractivity contribution in [3.05, 3.63) is 35.0 Å². The molecule has 16 heavy (non-hydrogen) atoms. The molecule has 84 valence electrons. The molecular formula is C13H14ClNO. The third kappa shape index (κ3) is 1.85. The quantitative estimate of drug-likeness (QED) is 0.745. The van der Waals surface area contributed by atoms with Crippen LogP contribution in [0.4, 0.5) is 0 Å². The van der Waals surface area contributed by atoms with E-state index in [0.717, 1.165) is 27.9 Å². The van der Waals surface area contributed by atoms with Gasteiger partial charge in [0.15, 0.2) is 0 Å². The molecule has 0 N–H and O–H groups in total. The minimum Gasteiger partial charge on any atom is -0.342 e. The Hall–Kier alpha value is -1.28. The summed E-state index contributed by atoms with van der Waals surface area (Å²) in [6.45, 7) is 4.21. The van der Waals surface area contributed by atoms with E-state index in [2.05, 4.69) is 24.5 Å². The molecule has 2 rings (SSSR count). The van der Waals surface area contributed by atoms with Crippen LogP contribution in [-0.4, -0.2) is 10.9 Å². The fourth-order valence-electron chi connectivity index (χ4n) is 2.10. The molecule has 0 aliphatic carbocycles. The average molecular weight is 236 g/mol. The predicted molar refractivity (Wildman–Crippen MR) is 67.1 cm³/mol.